The molecule has 3 heterocycles. The van der Waals surface area contributed by atoms with Gasteiger partial charge in [0.2, 0.25) is 0 Å². The number of rotatable bonds is 6. The Morgan fingerprint density at radius 3 is 2.61 bits per heavy atom. The number of nitriles is 1. The fraction of sp³-hybridized carbons (Fsp3) is 0.172. The third-order valence-electron chi connectivity index (χ3n) is 6.50. The van der Waals surface area contributed by atoms with Gasteiger partial charge in [-0.15, -0.1) is 0 Å². The molecule has 8 nitrogen and oxygen atoms in total. The SMILES string of the molecule is COc1ccc(C2CC2)cc1-c1cc(C)ncc1C(=O)Nc1nc2ncc(-c3ccc(C#N)cc3)nc2s1. The van der Waals surface area contributed by atoms with Crippen molar-refractivity contribution in [3.05, 3.63) is 83.3 Å². The first-order valence-electron chi connectivity index (χ1n) is 12.1. The van der Waals surface area contributed by atoms with E-state index in [0.717, 1.165) is 22.4 Å². The van der Waals surface area contributed by atoms with Crippen LogP contribution in [0.5, 0.6) is 5.75 Å². The molecule has 0 saturated heterocycles. The predicted molar refractivity (Wildman–Crippen MR) is 146 cm³/mol. The molecule has 186 valence electrons. The molecular weight excluding hydrogens is 496 g/mol. The Bertz CT molecular complexity index is 1740. The van der Waals surface area contributed by atoms with E-state index in [1.165, 1.54) is 29.7 Å². The molecule has 0 unspecified atom stereocenters. The monoisotopic (exact) mass is 518 g/mol. The second-order valence-corrected chi connectivity index (χ2v) is 10.1. The minimum Gasteiger partial charge on any atom is -0.496 e. The average Bonchev–Trinajstić information content (AvgIpc) is 3.72. The molecule has 1 amide bonds. The van der Waals surface area contributed by atoms with E-state index in [9.17, 15) is 4.79 Å². The van der Waals surface area contributed by atoms with Gasteiger partial charge in [0.1, 0.15) is 5.75 Å². The normalized spacial score (nSPS) is 12.8. The summed E-state index contributed by atoms with van der Waals surface area (Å²) in [4.78, 5) is 32.0. The molecule has 0 radical (unpaired) electrons. The zero-order valence-electron chi connectivity index (χ0n) is 20.7. The summed E-state index contributed by atoms with van der Waals surface area (Å²) in [7, 11) is 1.64. The first kappa shape index (κ1) is 23.7. The molecule has 9 heteroatoms. The van der Waals surface area contributed by atoms with E-state index in [0.29, 0.717) is 44.1 Å². The van der Waals surface area contributed by atoms with Crippen molar-refractivity contribution in [2.75, 3.05) is 12.4 Å². The van der Waals surface area contributed by atoms with Crippen LogP contribution in [-0.2, 0) is 0 Å². The van der Waals surface area contributed by atoms with E-state index in [1.54, 1.807) is 31.6 Å². The van der Waals surface area contributed by atoms with Crippen LogP contribution in [0.3, 0.4) is 0 Å². The van der Waals surface area contributed by atoms with Crippen molar-refractivity contribution in [1.29, 1.82) is 5.26 Å². The van der Waals surface area contributed by atoms with Crippen molar-refractivity contribution in [3.8, 4) is 34.2 Å². The predicted octanol–water partition coefficient (Wildman–Crippen LogP) is 6.13. The maximum absolute atomic E-state index is 13.5. The molecule has 0 bridgehead atoms. The number of nitrogens with zero attached hydrogens (tertiary/aromatic N) is 5. The highest BCUT2D eigenvalue weighted by Crippen LogP contribution is 2.43. The quantitative estimate of drug-likeness (QED) is 0.287. The number of anilines is 1. The molecule has 38 heavy (non-hydrogen) atoms. The average molecular weight is 519 g/mol. The fourth-order valence-electron chi connectivity index (χ4n) is 4.36. The van der Waals surface area contributed by atoms with Gasteiger partial charge in [-0.2, -0.15) is 10.2 Å². The number of hydrogen-bond acceptors (Lipinski definition) is 8. The molecule has 0 atom stereocenters. The molecule has 6 rings (SSSR count). The van der Waals surface area contributed by atoms with E-state index >= 15 is 0 Å². The summed E-state index contributed by atoms with van der Waals surface area (Å²) in [6, 6.07) is 17.3. The van der Waals surface area contributed by atoms with Gasteiger partial charge < -0.3 is 4.74 Å². The Labute approximate surface area is 223 Å². The summed E-state index contributed by atoms with van der Waals surface area (Å²) in [6.45, 7) is 1.90. The van der Waals surface area contributed by atoms with E-state index in [-0.39, 0.29) is 5.91 Å². The first-order chi connectivity index (χ1) is 18.5. The second kappa shape index (κ2) is 9.65. The Morgan fingerprint density at radius 2 is 1.87 bits per heavy atom. The second-order valence-electron chi connectivity index (χ2n) is 9.15. The Hall–Kier alpha value is -4.68. The van der Waals surface area contributed by atoms with Crippen molar-refractivity contribution in [2.24, 2.45) is 0 Å². The van der Waals surface area contributed by atoms with Crippen LogP contribution < -0.4 is 10.1 Å². The zero-order valence-corrected chi connectivity index (χ0v) is 21.5. The molecule has 5 aromatic rings. The van der Waals surface area contributed by atoms with Gasteiger partial charge in [-0.05, 0) is 61.6 Å². The van der Waals surface area contributed by atoms with Crippen LogP contribution in [-0.4, -0.2) is 33.0 Å². The molecule has 3 aromatic heterocycles. The summed E-state index contributed by atoms with van der Waals surface area (Å²) in [5, 5.41) is 12.3. The molecule has 1 fully saturated rings. The highest BCUT2D eigenvalue weighted by molar-refractivity contribution is 7.21. The summed E-state index contributed by atoms with van der Waals surface area (Å²) in [6.07, 6.45) is 5.59. The number of pyridine rings is 1. The van der Waals surface area contributed by atoms with Gasteiger partial charge >= 0.3 is 0 Å². The summed E-state index contributed by atoms with van der Waals surface area (Å²) in [5.74, 6) is 0.951. The van der Waals surface area contributed by atoms with Crippen molar-refractivity contribution in [2.45, 2.75) is 25.7 Å². The largest absolute Gasteiger partial charge is 0.496 e. The van der Waals surface area contributed by atoms with Crippen LogP contribution in [0.25, 0.3) is 32.9 Å². The van der Waals surface area contributed by atoms with Gasteiger partial charge in [0.15, 0.2) is 15.6 Å². The standard InChI is InChI=1S/C29H22N6O2S/c1-16-11-21(22-12-20(18-7-8-18)9-10-25(22)37-2)23(14-31-16)27(36)35-29-34-26-28(38-29)33-24(15-32-26)19-5-3-17(13-30)4-6-19/h3-6,9-12,14-15,18H,7-8H2,1-2H3,(H,32,34,35,36). The lowest BCUT2D eigenvalue weighted by atomic mass is 9.96. The number of aryl methyl sites for hydroxylation is 1. The number of aromatic nitrogens is 4. The topological polar surface area (TPSA) is 114 Å². The zero-order chi connectivity index (χ0) is 26.2. The molecule has 2 aromatic carbocycles. The Morgan fingerprint density at radius 1 is 1.05 bits per heavy atom. The summed E-state index contributed by atoms with van der Waals surface area (Å²) in [5.41, 5.74) is 6.65. The molecule has 1 N–H and O–H groups in total. The number of ether oxygens (including phenoxy) is 1. The van der Waals surface area contributed by atoms with Crippen molar-refractivity contribution >= 4 is 32.9 Å². The van der Waals surface area contributed by atoms with Gasteiger partial charge in [0.25, 0.3) is 5.91 Å². The van der Waals surface area contributed by atoms with Crippen molar-refractivity contribution in [3.63, 3.8) is 0 Å². The van der Waals surface area contributed by atoms with Crippen molar-refractivity contribution < 1.29 is 9.53 Å². The number of carbonyl (C=O) groups excluding carboxylic acids is 1. The van der Waals surface area contributed by atoms with Gasteiger partial charge in [0, 0.05) is 28.6 Å². The number of carbonyl (C=O) groups is 1. The Balaban J connectivity index is 1.32. The minimum absolute atomic E-state index is 0.322. The van der Waals surface area contributed by atoms with E-state index < -0.39 is 0 Å². The van der Waals surface area contributed by atoms with E-state index in [4.69, 9.17) is 10.00 Å². The molecule has 1 aliphatic rings. The number of nitrogens with one attached hydrogen (secondary N) is 1. The molecule has 0 spiro atoms. The number of fused-ring (bicyclic) bond motifs is 1. The maximum Gasteiger partial charge on any atom is 0.259 e. The highest BCUT2D eigenvalue weighted by Gasteiger charge is 2.26. The van der Waals surface area contributed by atoms with Gasteiger partial charge in [-0.1, -0.05) is 29.5 Å². The third-order valence-corrected chi connectivity index (χ3v) is 7.36. The summed E-state index contributed by atoms with van der Waals surface area (Å²) < 4.78 is 5.65. The fourth-order valence-corrected chi connectivity index (χ4v) is 5.16. The van der Waals surface area contributed by atoms with Crippen LogP contribution in [0.2, 0.25) is 0 Å². The van der Waals surface area contributed by atoms with Crippen LogP contribution in [0.4, 0.5) is 5.13 Å². The molecule has 1 saturated carbocycles. The lowest BCUT2D eigenvalue weighted by molar-refractivity contribution is 0.102. The third kappa shape index (κ3) is 4.58. The van der Waals surface area contributed by atoms with Crippen molar-refractivity contribution in [1.82, 2.24) is 19.9 Å². The number of benzene rings is 2. The van der Waals surface area contributed by atoms with Crippen LogP contribution in [0.1, 0.15) is 45.9 Å². The van der Waals surface area contributed by atoms with Crippen LogP contribution in [0, 0.1) is 18.3 Å². The van der Waals surface area contributed by atoms with Crippen LogP contribution >= 0.6 is 11.3 Å². The van der Waals surface area contributed by atoms with Gasteiger partial charge in [-0.3, -0.25) is 15.1 Å². The Kier molecular flexibility index (Phi) is 6.02. The van der Waals surface area contributed by atoms with E-state index in [2.05, 4.69) is 43.5 Å². The van der Waals surface area contributed by atoms with E-state index in [1.807, 2.05) is 31.2 Å². The number of amides is 1. The lowest BCUT2D eigenvalue weighted by Gasteiger charge is -2.14. The molecule has 0 aliphatic heterocycles. The lowest BCUT2D eigenvalue weighted by Crippen LogP contribution is -2.14. The maximum atomic E-state index is 13.5. The van der Waals surface area contributed by atoms with Gasteiger partial charge in [-0.25, -0.2) is 9.97 Å². The molecular formula is C29H22N6O2S. The summed E-state index contributed by atoms with van der Waals surface area (Å²) >= 11 is 1.25. The number of thiazole rings is 1. The minimum atomic E-state index is -0.322. The highest BCUT2D eigenvalue weighted by atomic mass is 32.1. The first-order valence-corrected chi connectivity index (χ1v) is 12.9. The number of methoxy groups -OCH3 is 1. The molecule has 1 aliphatic carbocycles. The number of hydrogen-bond donors (Lipinski definition) is 1. The smallest absolute Gasteiger partial charge is 0.259 e. The van der Waals surface area contributed by atoms with Crippen LogP contribution in [0.15, 0.2) is 60.9 Å². The van der Waals surface area contributed by atoms with Gasteiger partial charge in [0.05, 0.1) is 36.2 Å².